The Bertz CT molecular complexity index is 973. The first kappa shape index (κ1) is 20.0. The first-order valence-corrected chi connectivity index (χ1v) is 9.83. The molecule has 0 aliphatic heterocycles. The summed E-state index contributed by atoms with van der Waals surface area (Å²) in [6.07, 6.45) is 1.18. The van der Waals surface area contributed by atoms with Crippen molar-refractivity contribution in [3.05, 3.63) is 64.9 Å². The lowest BCUT2D eigenvalue weighted by Crippen LogP contribution is -2.20. The highest BCUT2D eigenvalue weighted by molar-refractivity contribution is 7.99. The Morgan fingerprint density at radius 3 is 2.75 bits per heavy atom. The topological polar surface area (TPSA) is 72.2 Å². The summed E-state index contributed by atoms with van der Waals surface area (Å²) in [7, 11) is 0. The fraction of sp³-hybridized carbons (Fsp3) is 0.158. The minimum absolute atomic E-state index is 0.0925. The van der Waals surface area contributed by atoms with Gasteiger partial charge >= 0.3 is 0 Å². The number of hydrogen-bond donors (Lipinski definition) is 1. The van der Waals surface area contributed by atoms with Crippen molar-refractivity contribution in [2.45, 2.75) is 18.6 Å². The molecule has 1 N–H and O–H groups in total. The Hall–Kier alpha value is -2.71. The van der Waals surface area contributed by atoms with Gasteiger partial charge in [-0.2, -0.15) is 5.10 Å². The molecule has 3 aromatic rings. The van der Waals surface area contributed by atoms with Crippen molar-refractivity contribution in [3.8, 4) is 11.4 Å². The smallest absolute Gasteiger partial charge is 0.250 e. The second-order valence-corrected chi connectivity index (χ2v) is 6.98. The summed E-state index contributed by atoms with van der Waals surface area (Å²) in [6, 6.07) is 14.0. The maximum Gasteiger partial charge on any atom is 0.250 e. The van der Waals surface area contributed by atoms with Crippen LogP contribution in [0.4, 0.5) is 4.39 Å². The van der Waals surface area contributed by atoms with Crippen molar-refractivity contribution < 1.29 is 9.18 Å². The molecule has 0 radical (unpaired) electrons. The van der Waals surface area contributed by atoms with Crippen LogP contribution in [0.15, 0.2) is 58.8 Å². The predicted molar refractivity (Wildman–Crippen MR) is 109 cm³/mol. The van der Waals surface area contributed by atoms with Crippen LogP contribution in [0.5, 0.6) is 0 Å². The molecule has 0 saturated carbocycles. The van der Waals surface area contributed by atoms with Gasteiger partial charge in [0.15, 0.2) is 11.0 Å². The highest BCUT2D eigenvalue weighted by Crippen LogP contribution is 2.23. The number of rotatable bonds is 7. The quantitative estimate of drug-likeness (QED) is 0.358. The van der Waals surface area contributed by atoms with E-state index in [1.54, 1.807) is 6.07 Å². The maximum atomic E-state index is 13.7. The van der Waals surface area contributed by atoms with Gasteiger partial charge in [-0.15, -0.1) is 10.2 Å². The van der Waals surface area contributed by atoms with Crippen molar-refractivity contribution in [1.82, 2.24) is 20.2 Å². The number of carbonyl (C=O) groups excluding carboxylic acids is 1. The van der Waals surface area contributed by atoms with E-state index in [9.17, 15) is 9.18 Å². The molecule has 1 amide bonds. The van der Waals surface area contributed by atoms with Crippen LogP contribution in [0, 0.1) is 5.82 Å². The third-order valence-corrected chi connectivity index (χ3v) is 5.08. The molecule has 0 spiro atoms. The van der Waals surface area contributed by atoms with E-state index in [-0.39, 0.29) is 22.2 Å². The highest BCUT2D eigenvalue weighted by atomic mass is 35.5. The fourth-order valence-electron chi connectivity index (χ4n) is 2.45. The molecule has 0 aliphatic carbocycles. The van der Waals surface area contributed by atoms with E-state index in [2.05, 4.69) is 20.7 Å². The Morgan fingerprint density at radius 1 is 1.25 bits per heavy atom. The van der Waals surface area contributed by atoms with Gasteiger partial charge < -0.3 is 4.57 Å². The zero-order valence-corrected chi connectivity index (χ0v) is 16.5. The lowest BCUT2D eigenvalue weighted by molar-refractivity contribution is -0.118. The number of carbonyl (C=O) groups is 1. The van der Waals surface area contributed by atoms with Crippen LogP contribution in [0.1, 0.15) is 12.5 Å². The SMILES string of the molecule is CCn1c(SCC(=O)N/N=C\c2c(F)cccc2Cl)nnc1-c1ccccc1. The first-order chi connectivity index (χ1) is 13.6. The van der Waals surface area contributed by atoms with E-state index >= 15 is 0 Å². The van der Waals surface area contributed by atoms with E-state index < -0.39 is 5.82 Å². The van der Waals surface area contributed by atoms with E-state index in [0.29, 0.717) is 11.7 Å². The van der Waals surface area contributed by atoms with Gasteiger partial charge in [-0.25, -0.2) is 9.82 Å². The minimum atomic E-state index is -0.510. The molecule has 2 aromatic carbocycles. The predicted octanol–water partition coefficient (Wildman–Crippen LogP) is 4.00. The van der Waals surface area contributed by atoms with Crippen LogP contribution in [0.3, 0.4) is 0 Å². The van der Waals surface area contributed by atoms with E-state index in [1.807, 2.05) is 41.8 Å². The third-order valence-electron chi connectivity index (χ3n) is 3.78. The molecule has 28 heavy (non-hydrogen) atoms. The van der Waals surface area contributed by atoms with Crippen molar-refractivity contribution in [2.75, 3.05) is 5.75 Å². The zero-order chi connectivity index (χ0) is 19.9. The molecule has 6 nitrogen and oxygen atoms in total. The van der Waals surface area contributed by atoms with E-state index in [4.69, 9.17) is 11.6 Å². The molecule has 9 heteroatoms. The molecule has 1 heterocycles. The fourth-order valence-corrected chi connectivity index (χ4v) is 3.45. The normalized spacial score (nSPS) is 11.1. The minimum Gasteiger partial charge on any atom is -0.302 e. The summed E-state index contributed by atoms with van der Waals surface area (Å²) >= 11 is 7.16. The summed E-state index contributed by atoms with van der Waals surface area (Å²) in [4.78, 5) is 12.0. The monoisotopic (exact) mass is 417 g/mol. The van der Waals surface area contributed by atoms with Gasteiger partial charge in [0.05, 0.1) is 17.0 Å². The number of aromatic nitrogens is 3. The van der Waals surface area contributed by atoms with Gasteiger partial charge in [0.2, 0.25) is 0 Å². The van der Waals surface area contributed by atoms with Crippen molar-refractivity contribution in [3.63, 3.8) is 0 Å². The van der Waals surface area contributed by atoms with Crippen molar-refractivity contribution in [1.29, 1.82) is 0 Å². The van der Waals surface area contributed by atoms with Crippen LogP contribution in [-0.4, -0.2) is 32.6 Å². The van der Waals surface area contributed by atoms with Gasteiger partial charge in [-0.05, 0) is 19.1 Å². The molecular weight excluding hydrogens is 401 g/mol. The summed E-state index contributed by atoms with van der Waals surface area (Å²) in [6.45, 7) is 2.66. The molecular formula is C19H17ClFN5OS. The second kappa shape index (κ2) is 9.48. The van der Waals surface area contributed by atoms with Gasteiger partial charge in [0.1, 0.15) is 5.82 Å². The lowest BCUT2D eigenvalue weighted by Gasteiger charge is -2.07. The lowest BCUT2D eigenvalue weighted by atomic mass is 10.2. The van der Waals surface area contributed by atoms with Crippen LogP contribution >= 0.6 is 23.4 Å². The van der Waals surface area contributed by atoms with Crippen LogP contribution in [0.25, 0.3) is 11.4 Å². The molecule has 144 valence electrons. The largest absolute Gasteiger partial charge is 0.302 e. The molecule has 0 atom stereocenters. The summed E-state index contributed by atoms with van der Waals surface area (Å²) < 4.78 is 15.6. The second-order valence-electron chi connectivity index (χ2n) is 5.63. The zero-order valence-electron chi connectivity index (χ0n) is 15.0. The Labute approximate surface area is 170 Å². The van der Waals surface area contributed by atoms with Gasteiger partial charge in [0, 0.05) is 17.7 Å². The highest BCUT2D eigenvalue weighted by Gasteiger charge is 2.14. The number of nitrogens with one attached hydrogen (secondary N) is 1. The van der Waals surface area contributed by atoms with E-state index in [1.165, 1.54) is 30.1 Å². The number of hydrazone groups is 1. The number of thioether (sulfide) groups is 1. The molecule has 1 aromatic heterocycles. The van der Waals surface area contributed by atoms with Gasteiger partial charge in [0.25, 0.3) is 5.91 Å². The molecule has 3 rings (SSSR count). The maximum absolute atomic E-state index is 13.7. The third kappa shape index (κ3) is 4.76. The molecule has 0 unspecified atom stereocenters. The summed E-state index contributed by atoms with van der Waals surface area (Å²) in [5.74, 6) is -0.0156. The van der Waals surface area contributed by atoms with Crippen molar-refractivity contribution in [2.24, 2.45) is 5.10 Å². The van der Waals surface area contributed by atoms with Crippen LogP contribution < -0.4 is 5.43 Å². The molecule has 0 saturated heterocycles. The molecule has 0 bridgehead atoms. The van der Waals surface area contributed by atoms with Crippen LogP contribution in [-0.2, 0) is 11.3 Å². The van der Waals surface area contributed by atoms with Gasteiger partial charge in [-0.1, -0.05) is 59.8 Å². The molecule has 0 aliphatic rings. The van der Waals surface area contributed by atoms with Crippen LogP contribution in [0.2, 0.25) is 5.02 Å². The average molecular weight is 418 g/mol. The number of benzene rings is 2. The summed E-state index contributed by atoms with van der Waals surface area (Å²) in [5.41, 5.74) is 3.44. The number of hydrogen-bond acceptors (Lipinski definition) is 5. The Kier molecular flexibility index (Phi) is 6.78. The summed E-state index contributed by atoms with van der Waals surface area (Å²) in [5, 5.41) is 13.0. The Balaban J connectivity index is 1.61. The van der Waals surface area contributed by atoms with Gasteiger partial charge in [-0.3, -0.25) is 4.79 Å². The number of nitrogens with zero attached hydrogens (tertiary/aromatic N) is 4. The Morgan fingerprint density at radius 2 is 2.04 bits per heavy atom. The first-order valence-electron chi connectivity index (χ1n) is 8.47. The number of halogens is 2. The standard InChI is InChI=1S/C19H17ClFN5OS/c1-2-26-18(13-7-4-3-5-8-13)24-25-19(26)28-12-17(27)23-22-11-14-15(20)9-6-10-16(14)21/h3-11H,2,12H2,1H3,(H,23,27)/b22-11-. The van der Waals surface area contributed by atoms with Crippen molar-refractivity contribution >= 4 is 35.5 Å². The van der Waals surface area contributed by atoms with E-state index in [0.717, 1.165) is 11.4 Å². The number of amides is 1. The molecule has 0 fully saturated rings. The average Bonchev–Trinajstić information content (AvgIpc) is 3.12.